The number of hydrogen-bond donors (Lipinski definition) is 0. The van der Waals surface area contributed by atoms with E-state index in [-0.39, 0.29) is 11.1 Å². The Labute approximate surface area is 114 Å². The second-order valence-electron chi connectivity index (χ2n) is 7.29. The van der Waals surface area contributed by atoms with Crippen LogP contribution in [-0.2, 0) is 9.22 Å². The van der Waals surface area contributed by atoms with Gasteiger partial charge in [-0.1, -0.05) is 52.9 Å². The van der Waals surface area contributed by atoms with Crippen molar-refractivity contribution in [2.24, 2.45) is 5.92 Å². The molecule has 0 bridgehead atoms. The Balaban J connectivity index is 2.53. The number of hydrogen-bond acceptors (Lipinski definition) is 2. The summed E-state index contributed by atoms with van der Waals surface area (Å²) in [4.78, 5) is 11.3. The SMILES string of the molecule is CC(C)(C)[Si](C)(C)O[C@H](C=O)CC1CCCCC1. The molecule has 1 fully saturated rings. The maximum Gasteiger partial charge on any atom is 0.193 e. The highest BCUT2D eigenvalue weighted by Crippen LogP contribution is 2.38. The smallest absolute Gasteiger partial charge is 0.193 e. The quantitative estimate of drug-likeness (QED) is 0.541. The van der Waals surface area contributed by atoms with Crippen molar-refractivity contribution in [3.63, 3.8) is 0 Å². The molecular weight excluding hydrogens is 240 g/mol. The first-order valence-corrected chi connectivity index (χ1v) is 10.3. The van der Waals surface area contributed by atoms with Crippen LogP contribution in [0.15, 0.2) is 0 Å². The summed E-state index contributed by atoms with van der Waals surface area (Å²) in [5.41, 5.74) is 0. The predicted octanol–water partition coefficient (Wildman–Crippen LogP) is 4.55. The van der Waals surface area contributed by atoms with Crippen molar-refractivity contribution >= 4 is 14.6 Å². The van der Waals surface area contributed by atoms with E-state index in [0.717, 1.165) is 12.7 Å². The lowest BCUT2D eigenvalue weighted by molar-refractivity contribution is -0.115. The van der Waals surface area contributed by atoms with E-state index in [4.69, 9.17) is 4.43 Å². The fraction of sp³-hybridized carbons (Fsp3) is 0.933. The molecular formula is C15H30O2Si. The van der Waals surface area contributed by atoms with E-state index in [0.29, 0.717) is 5.92 Å². The second-order valence-corrected chi connectivity index (χ2v) is 12.0. The summed E-state index contributed by atoms with van der Waals surface area (Å²) in [6.07, 6.45) is 8.40. The van der Waals surface area contributed by atoms with E-state index in [1.807, 2.05) is 0 Å². The van der Waals surface area contributed by atoms with Crippen LogP contribution in [0.25, 0.3) is 0 Å². The van der Waals surface area contributed by atoms with E-state index in [2.05, 4.69) is 33.9 Å². The highest BCUT2D eigenvalue weighted by atomic mass is 28.4. The lowest BCUT2D eigenvalue weighted by atomic mass is 9.86. The van der Waals surface area contributed by atoms with Gasteiger partial charge in [-0.25, -0.2) is 0 Å². The summed E-state index contributed by atoms with van der Waals surface area (Å²) in [6.45, 7) is 11.1. The van der Waals surface area contributed by atoms with Crippen molar-refractivity contribution in [2.45, 2.75) is 83.5 Å². The van der Waals surface area contributed by atoms with E-state index in [1.165, 1.54) is 32.1 Å². The third kappa shape index (κ3) is 4.50. The van der Waals surface area contributed by atoms with Gasteiger partial charge in [-0.05, 0) is 30.5 Å². The molecule has 0 unspecified atom stereocenters. The van der Waals surface area contributed by atoms with Gasteiger partial charge in [-0.3, -0.25) is 0 Å². The van der Waals surface area contributed by atoms with Crippen LogP contribution in [-0.4, -0.2) is 20.7 Å². The van der Waals surface area contributed by atoms with Crippen LogP contribution >= 0.6 is 0 Å². The molecule has 0 aliphatic heterocycles. The van der Waals surface area contributed by atoms with Crippen molar-refractivity contribution in [1.82, 2.24) is 0 Å². The molecule has 3 heteroatoms. The molecule has 0 radical (unpaired) electrons. The zero-order chi connectivity index (χ0) is 13.8. The van der Waals surface area contributed by atoms with Crippen LogP contribution < -0.4 is 0 Å². The first kappa shape index (κ1) is 15.9. The minimum Gasteiger partial charge on any atom is -0.407 e. The highest BCUT2D eigenvalue weighted by molar-refractivity contribution is 6.74. The molecule has 18 heavy (non-hydrogen) atoms. The van der Waals surface area contributed by atoms with Crippen LogP contribution in [0.2, 0.25) is 18.1 Å². The summed E-state index contributed by atoms with van der Waals surface area (Å²) < 4.78 is 6.23. The third-order valence-electron chi connectivity index (χ3n) is 4.69. The Hall–Kier alpha value is -0.153. The van der Waals surface area contributed by atoms with Gasteiger partial charge < -0.3 is 9.22 Å². The molecule has 106 valence electrons. The zero-order valence-electron chi connectivity index (χ0n) is 12.8. The minimum absolute atomic E-state index is 0.172. The molecule has 0 saturated heterocycles. The van der Waals surface area contributed by atoms with Gasteiger partial charge in [0.15, 0.2) is 8.32 Å². The zero-order valence-corrected chi connectivity index (χ0v) is 13.8. The Morgan fingerprint density at radius 3 is 2.22 bits per heavy atom. The first-order chi connectivity index (χ1) is 8.26. The topological polar surface area (TPSA) is 26.3 Å². The van der Waals surface area contributed by atoms with Gasteiger partial charge in [0.1, 0.15) is 12.4 Å². The molecule has 0 N–H and O–H groups in total. The molecule has 0 amide bonds. The molecule has 0 aromatic heterocycles. The minimum atomic E-state index is -1.80. The average molecular weight is 270 g/mol. The Kier molecular flexibility index (Phi) is 5.59. The summed E-state index contributed by atoms with van der Waals surface area (Å²) in [5, 5.41) is 0.181. The molecule has 0 spiro atoms. The summed E-state index contributed by atoms with van der Waals surface area (Å²) in [7, 11) is -1.80. The fourth-order valence-electron chi connectivity index (χ4n) is 2.44. The molecule has 2 nitrogen and oxygen atoms in total. The van der Waals surface area contributed by atoms with Crippen molar-refractivity contribution in [2.75, 3.05) is 0 Å². The van der Waals surface area contributed by atoms with Crippen molar-refractivity contribution in [3.05, 3.63) is 0 Å². The van der Waals surface area contributed by atoms with Crippen LogP contribution in [0.4, 0.5) is 0 Å². The van der Waals surface area contributed by atoms with Crippen LogP contribution in [0.5, 0.6) is 0 Å². The molecule has 1 rings (SSSR count). The molecule has 1 saturated carbocycles. The number of aldehydes is 1. The van der Waals surface area contributed by atoms with Crippen molar-refractivity contribution in [1.29, 1.82) is 0 Å². The van der Waals surface area contributed by atoms with Gasteiger partial charge in [0.2, 0.25) is 0 Å². The second kappa shape index (κ2) is 6.33. The number of rotatable bonds is 5. The normalized spacial score (nSPS) is 20.7. The molecule has 0 aromatic rings. The summed E-state index contributed by atoms with van der Waals surface area (Å²) >= 11 is 0. The van der Waals surface area contributed by atoms with Gasteiger partial charge in [-0.2, -0.15) is 0 Å². The average Bonchev–Trinajstić information content (AvgIpc) is 2.27. The van der Waals surface area contributed by atoms with E-state index in [9.17, 15) is 4.79 Å². The Bertz CT molecular complexity index is 262. The van der Waals surface area contributed by atoms with Crippen LogP contribution in [0.3, 0.4) is 0 Å². The third-order valence-corrected chi connectivity index (χ3v) is 9.20. The molecule has 1 aliphatic rings. The van der Waals surface area contributed by atoms with Crippen molar-refractivity contribution in [3.8, 4) is 0 Å². The molecule has 0 heterocycles. The Morgan fingerprint density at radius 1 is 1.22 bits per heavy atom. The fourth-order valence-corrected chi connectivity index (χ4v) is 3.70. The van der Waals surface area contributed by atoms with Gasteiger partial charge in [0.25, 0.3) is 0 Å². The monoisotopic (exact) mass is 270 g/mol. The maximum absolute atomic E-state index is 11.3. The highest BCUT2D eigenvalue weighted by Gasteiger charge is 2.39. The molecule has 1 atom stereocenters. The van der Waals surface area contributed by atoms with E-state index >= 15 is 0 Å². The maximum atomic E-state index is 11.3. The Morgan fingerprint density at radius 2 is 1.78 bits per heavy atom. The molecule has 1 aliphatic carbocycles. The van der Waals surface area contributed by atoms with Gasteiger partial charge in [0.05, 0.1) is 0 Å². The van der Waals surface area contributed by atoms with Gasteiger partial charge >= 0.3 is 0 Å². The molecule has 0 aromatic carbocycles. The number of carbonyl (C=O) groups is 1. The first-order valence-electron chi connectivity index (χ1n) is 7.39. The standard InChI is InChI=1S/C15H30O2Si/c1-15(2,3)18(4,5)17-14(12-16)11-13-9-7-6-8-10-13/h12-14H,6-11H2,1-5H3/t14-/m0/s1. The van der Waals surface area contributed by atoms with E-state index in [1.54, 1.807) is 0 Å². The van der Waals surface area contributed by atoms with Crippen LogP contribution in [0, 0.1) is 5.92 Å². The van der Waals surface area contributed by atoms with Gasteiger partial charge in [-0.15, -0.1) is 0 Å². The van der Waals surface area contributed by atoms with E-state index < -0.39 is 8.32 Å². The largest absolute Gasteiger partial charge is 0.407 e. The van der Waals surface area contributed by atoms with Crippen molar-refractivity contribution < 1.29 is 9.22 Å². The summed E-state index contributed by atoms with van der Waals surface area (Å²) in [6, 6.07) is 0. The van der Waals surface area contributed by atoms with Crippen LogP contribution in [0.1, 0.15) is 59.3 Å². The summed E-state index contributed by atoms with van der Waals surface area (Å²) in [5.74, 6) is 0.707. The predicted molar refractivity (Wildman–Crippen MR) is 79.3 cm³/mol. The number of carbonyl (C=O) groups excluding carboxylic acids is 1. The lowest BCUT2D eigenvalue weighted by Gasteiger charge is -2.39. The van der Waals surface area contributed by atoms with Gasteiger partial charge in [0, 0.05) is 0 Å². The lowest BCUT2D eigenvalue weighted by Crippen LogP contribution is -2.44.